The fourth-order valence-electron chi connectivity index (χ4n) is 2.33. The molecule has 1 aromatic rings. The van der Waals surface area contributed by atoms with Crippen LogP contribution < -0.4 is 4.65 Å². The molecular formula is C14H14BClO4. The Bertz CT molecular complexity index is 570. The first kappa shape index (κ1) is 14.8. The first-order chi connectivity index (χ1) is 9.52. The van der Waals surface area contributed by atoms with E-state index in [0.29, 0.717) is 17.7 Å². The lowest BCUT2D eigenvalue weighted by Crippen LogP contribution is -2.35. The molecule has 0 saturated heterocycles. The number of fused-ring (bicyclic) bond motifs is 1. The maximum absolute atomic E-state index is 11.6. The van der Waals surface area contributed by atoms with E-state index in [2.05, 4.69) is 0 Å². The molecule has 0 bridgehead atoms. The maximum atomic E-state index is 11.6. The van der Waals surface area contributed by atoms with Crippen molar-refractivity contribution in [2.24, 2.45) is 0 Å². The van der Waals surface area contributed by atoms with Crippen LogP contribution >= 0.6 is 11.6 Å². The summed E-state index contributed by atoms with van der Waals surface area (Å²) in [5, 5.41) is 10.00. The summed E-state index contributed by atoms with van der Waals surface area (Å²) in [5.41, 5.74) is 2.43. The van der Waals surface area contributed by atoms with E-state index in [-0.39, 0.29) is 23.8 Å². The summed E-state index contributed by atoms with van der Waals surface area (Å²) in [6.07, 6.45) is 1.89. The molecule has 0 amide bonds. The summed E-state index contributed by atoms with van der Waals surface area (Å²) in [6.45, 7) is 1.45. The standard InChI is InChI=1S/C14H14BClO4/c1-9(17)13-4-2-3-10-7-11(8-12(18)5-6-16)15(19)20-14(10)13/h2-6,11,19H,7-8H2,1H3/b6-5+/t11-/m1/s1. The monoisotopic (exact) mass is 292 g/mol. The highest BCUT2D eigenvalue weighted by molar-refractivity contribution is 6.47. The molecule has 0 spiro atoms. The number of Topliss-reactive ketones (excluding diaryl/α,β-unsaturated/α-hetero) is 1. The number of carbonyl (C=O) groups excluding carboxylic acids is 2. The van der Waals surface area contributed by atoms with Crippen LogP contribution in [0.25, 0.3) is 0 Å². The van der Waals surface area contributed by atoms with Gasteiger partial charge in [0, 0.05) is 17.8 Å². The van der Waals surface area contributed by atoms with Crippen molar-refractivity contribution < 1.29 is 19.3 Å². The summed E-state index contributed by atoms with van der Waals surface area (Å²) < 4.78 is 5.44. The molecular weight excluding hydrogens is 278 g/mol. The Morgan fingerprint density at radius 3 is 2.95 bits per heavy atom. The van der Waals surface area contributed by atoms with Crippen molar-refractivity contribution in [3.63, 3.8) is 0 Å². The largest absolute Gasteiger partial charge is 0.535 e. The van der Waals surface area contributed by atoms with Gasteiger partial charge in [-0.3, -0.25) is 9.59 Å². The summed E-state index contributed by atoms with van der Waals surface area (Å²) in [6, 6.07) is 5.27. The van der Waals surface area contributed by atoms with E-state index >= 15 is 0 Å². The van der Waals surface area contributed by atoms with E-state index < -0.39 is 7.12 Å². The quantitative estimate of drug-likeness (QED) is 0.526. The lowest BCUT2D eigenvalue weighted by atomic mass is 9.64. The number of rotatable bonds is 4. The van der Waals surface area contributed by atoms with Crippen molar-refractivity contribution in [1.82, 2.24) is 0 Å². The van der Waals surface area contributed by atoms with Gasteiger partial charge in [0.1, 0.15) is 5.75 Å². The number of hydrogen-bond acceptors (Lipinski definition) is 4. The molecule has 1 heterocycles. The lowest BCUT2D eigenvalue weighted by Gasteiger charge is -2.28. The summed E-state index contributed by atoms with van der Waals surface area (Å²) >= 11 is 5.35. The fraction of sp³-hybridized carbons (Fsp3) is 0.286. The number of halogens is 1. The number of allylic oxidation sites excluding steroid dienone is 1. The second-order valence-corrected chi connectivity index (χ2v) is 5.04. The summed E-state index contributed by atoms with van der Waals surface area (Å²) in [5.74, 6) is -0.207. The molecule has 0 fully saturated rings. The van der Waals surface area contributed by atoms with Crippen LogP contribution in [0.2, 0.25) is 5.82 Å². The topological polar surface area (TPSA) is 63.6 Å². The Morgan fingerprint density at radius 2 is 2.30 bits per heavy atom. The van der Waals surface area contributed by atoms with Gasteiger partial charge in [0.2, 0.25) is 0 Å². The highest BCUT2D eigenvalue weighted by Crippen LogP contribution is 2.36. The molecule has 0 aromatic heterocycles. The number of carbonyl (C=O) groups is 2. The molecule has 1 aliphatic rings. The zero-order valence-electron chi connectivity index (χ0n) is 11.0. The molecule has 0 unspecified atom stereocenters. The average Bonchev–Trinajstić information content (AvgIpc) is 2.39. The van der Waals surface area contributed by atoms with Crippen molar-refractivity contribution in [1.29, 1.82) is 0 Å². The Balaban J connectivity index is 2.24. The molecule has 1 aromatic carbocycles. The normalized spacial score (nSPS) is 17.8. The van der Waals surface area contributed by atoms with Gasteiger partial charge in [-0.15, -0.1) is 0 Å². The number of benzene rings is 1. The van der Waals surface area contributed by atoms with Crippen molar-refractivity contribution in [3.05, 3.63) is 40.9 Å². The molecule has 1 aliphatic heterocycles. The second-order valence-electron chi connectivity index (χ2n) is 4.79. The van der Waals surface area contributed by atoms with Crippen LogP contribution in [0.15, 0.2) is 29.8 Å². The van der Waals surface area contributed by atoms with Gasteiger partial charge in [-0.05, 0) is 31.1 Å². The molecule has 2 rings (SSSR count). The first-order valence-corrected chi connectivity index (χ1v) is 6.73. The van der Waals surface area contributed by atoms with Crippen LogP contribution in [-0.4, -0.2) is 23.7 Å². The van der Waals surface area contributed by atoms with Gasteiger partial charge in [-0.25, -0.2) is 0 Å². The molecule has 0 aliphatic carbocycles. The Morgan fingerprint density at radius 1 is 1.55 bits per heavy atom. The minimum atomic E-state index is -1.10. The van der Waals surface area contributed by atoms with Crippen molar-refractivity contribution >= 4 is 30.3 Å². The van der Waals surface area contributed by atoms with Crippen LogP contribution in [0.4, 0.5) is 0 Å². The molecule has 104 valence electrons. The van der Waals surface area contributed by atoms with Crippen molar-refractivity contribution in [3.8, 4) is 5.75 Å². The molecule has 1 N–H and O–H groups in total. The first-order valence-electron chi connectivity index (χ1n) is 6.30. The third kappa shape index (κ3) is 3.11. The SMILES string of the molecule is CC(=O)c1cccc2c1OB(O)[C@@H](CC(=O)/C=C/Cl)C2. The smallest absolute Gasteiger partial charge is 0.526 e. The van der Waals surface area contributed by atoms with Crippen LogP contribution in [0.3, 0.4) is 0 Å². The second kappa shape index (κ2) is 6.24. The molecule has 6 heteroatoms. The summed E-state index contributed by atoms with van der Waals surface area (Å²) in [7, 11) is -1.10. The van der Waals surface area contributed by atoms with Crippen LogP contribution in [0.5, 0.6) is 5.75 Å². The van der Waals surface area contributed by atoms with Crippen molar-refractivity contribution in [2.45, 2.75) is 25.6 Å². The van der Waals surface area contributed by atoms with Gasteiger partial charge in [0.05, 0.1) is 5.56 Å². The average molecular weight is 293 g/mol. The highest BCUT2D eigenvalue weighted by atomic mass is 35.5. The fourth-order valence-corrected chi connectivity index (χ4v) is 2.47. The Labute approximate surface area is 122 Å². The van der Waals surface area contributed by atoms with Crippen molar-refractivity contribution in [2.75, 3.05) is 0 Å². The highest BCUT2D eigenvalue weighted by Gasteiger charge is 2.36. The van der Waals surface area contributed by atoms with E-state index in [1.807, 2.05) is 6.07 Å². The predicted octanol–water partition coefficient (Wildman–Crippen LogP) is 2.39. The van der Waals surface area contributed by atoms with Gasteiger partial charge in [-0.2, -0.15) is 0 Å². The van der Waals surface area contributed by atoms with E-state index in [4.69, 9.17) is 16.3 Å². The van der Waals surface area contributed by atoms with Crippen LogP contribution in [0, 0.1) is 0 Å². The van der Waals surface area contributed by atoms with E-state index in [0.717, 1.165) is 11.1 Å². The summed E-state index contributed by atoms with van der Waals surface area (Å²) in [4.78, 5) is 23.1. The van der Waals surface area contributed by atoms with Gasteiger partial charge in [0.15, 0.2) is 11.6 Å². The Kier molecular flexibility index (Phi) is 4.63. The number of hydrogen-bond donors (Lipinski definition) is 1. The third-order valence-electron chi connectivity index (χ3n) is 3.31. The van der Waals surface area contributed by atoms with Crippen LogP contribution in [0.1, 0.15) is 29.3 Å². The molecule has 0 radical (unpaired) electrons. The zero-order valence-corrected chi connectivity index (χ0v) is 11.8. The zero-order chi connectivity index (χ0) is 14.7. The van der Waals surface area contributed by atoms with Gasteiger partial charge < -0.3 is 9.68 Å². The Hall–Kier alpha value is -1.59. The molecule has 0 saturated carbocycles. The van der Waals surface area contributed by atoms with Gasteiger partial charge >= 0.3 is 7.12 Å². The minimum Gasteiger partial charge on any atom is -0.535 e. The van der Waals surface area contributed by atoms with E-state index in [1.54, 1.807) is 12.1 Å². The number of ketones is 2. The van der Waals surface area contributed by atoms with E-state index in [1.165, 1.54) is 13.0 Å². The maximum Gasteiger partial charge on any atom is 0.526 e. The lowest BCUT2D eigenvalue weighted by molar-refractivity contribution is -0.114. The molecule has 1 atom stereocenters. The van der Waals surface area contributed by atoms with Crippen LogP contribution in [-0.2, 0) is 11.2 Å². The van der Waals surface area contributed by atoms with Gasteiger partial charge in [0.25, 0.3) is 0 Å². The predicted molar refractivity (Wildman–Crippen MR) is 77.1 cm³/mol. The number of para-hydroxylation sites is 1. The van der Waals surface area contributed by atoms with E-state index in [9.17, 15) is 14.6 Å². The van der Waals surface area contributed by atoms with Gasteiger partial charge in [-0.1, -0.05) is 23.7 Å². The third-order valence-corrected chi connectivity index (χ3v) is 3.44. The molecule has 20 heavy (non-hydrogen) atoms. The molecule has 4 nitrogen and oxygen atoms in total. The minimum absolute atomic E-state index is 0.117.